The second-order valence-corrected chi connectivity index (χ2v) is 6.06. The first-order chi connectivity index (χ1) is 12.2. The van der Waals surface area contributed by atoms with E-state index in [4.69, 9.17) is 5.10 Å². The number of aromatic hydroxyl groups is 2. The van der Waals surface area contributed by atoms with E-state index in [-0.39, 0.29) is 17.5 Å². The fourth-order valence-electron chi connectivity index (χ4n) is 3.18. The molecule has 4 heteroatoms. The van der Waals surface area contributed by atoms with Crippen LogP contribution in [0.2, 0.25) is 0 Å². The lowest BCUT2D eigenvalue weighted by molar-refractivity contribution is 0.459. The molecule has 0 unspecified atom stereocenters. The minimum absolute atomic E-state index is 0.0420. The average molecular weight is 330 g/mol. The summed E-state index contributed by atoms with van der Waals surface area (Å²) in [6.07, 6.45) is 0.649. The fraction of sp³-hybridized carbons (Fsp3) is 0.0952. The number of hydrogen-bond acceptors (Lipinski definition) is 4. The largest absolute Gasteiger partial charge is 0.508 e. The Bertz CT molecular complexity index is 908. The van der Waals surface area contributed by atoms with E-state index in [2.05, 4.69) is 12.1 Å². The Morgan fingerprint density at radius 3 is 2.24 bits per heavy atom. The summed E-state index contributed by atoms with van der Waals surface area (Å²) in [6.45, 7) is 0. The third-order valence-corrected chi connectivity index (χ3v) is 4.41. The van der Waals surface area contributed by atoms with Gasteiger partial charge in [0.25, 0.3) is 0 Å². The molecule has 0 aromatic heterocycles. The first kappa shape index (κ1) is 15.3. The molecule has 0 radical (unpaired) electrons. The molecular weight excluding hydrogens is 312 g/mol. The molecule has 3 aromatic rings. The van der Waals surface area contributed by atoms with E-state index >= 15 is 0 Å². The second kappa shape index (κ2) is 6.32. The van der Waals surface area contributed by atoms with Crippen molar-refractivity contribution in [2.45, 2.75) is 12.5 Å². The van der Waals surface area contributed by atoms with Crippen LogP contribution >= 0.6 is 0 Å². The zero-order valence-electron chi connectivity index (χ0n) is 13.6. The van der Waals surface area contributed by atoms with E-state index in [9.17, 15) is 10.2 Å². The normalized spacial score (nSPS) is 16.7. The van der Waals surface area contributed by atoms with E-state index < -0.39 is 0 Å². The number of benzene rings is 3. The number of phenols is 2. The number of nitrogens with zero attached hydrogens (tertiary/aromatic N) is 2. The van der Waals surface area contributed by atoms with Crippen LogP contribution in [-0.2, 0) is 0 Å². The second-order valence-electron chi connectivity index (χ2n) is 6.06. The first-order valence-corrected chi connectivity index (χ1v) is 8.21. The molecule has 25 heavy (non-hydrogen) atoms. The Hall–Kier alpha value is -3.27. The van der Waals surface area contributed by atoms with Gasteiger partial charge in [-0.15, -0.1) is 0 Å². The lowest BCUT2D eigenvalue weighted by Crippen LogP contribution is -2.18. The first-order valence-electron chi connectivity index (χ1n) is 8.21. The molecule has 0 amide bonds. The molecule has 4 nitrogen and oxygen atoms in total. The number of para-hydroxylation sites is 1. The monoisotopic (exact) mass is 330 g/mol. The molecule has 2 N–H and O–H groups in total. The minimum atomic E-state index is 0.0420. The molecule has 1 aliphatic rings. The van der Waals surface area contributed by atoms with Crippen LogP contribution in [0, 0.1) is 0 Å². The summed E-state index contributed by atoms with van der Waals surface area (Å²) in [6, 6.07) is 24.7. The summed E-state index contributed by atoms with van der Waals surface area (Å²) in [5.74, 6) is 0.239. The highest BCUT2D eigenvalue weighted by atomic mass is 16.3. The van der Waals surface area contributed by atoms with Gasteiger partial charge in [0.15, 0.2) is 0 Å². The molecule has 0 fully saturated rings. The van der Waals surface area contributed by atoms with Gasteiger partial charge in [-0.25, -0.2) is 0 Å². The third-order valence-electron chi connectivity index (χ3n) is 4.41. The Balaban J connectivity index is 1.79. The number of phenolic OH excluding ortho intramolecular Hbond substituents is 2. The van der Waals surface area contributed by atoms with Crippen molar-refractivity contribution >= 4 is 11.4 Å². The van der Waals surface area contributed by atoms with Crippen LogP contribution in [0.3, 0.4) is 0 Å². The van der Waals surface area contributed by atoms with Crippen molar-refractivity contribution in [2.75, 3.05) is 5.01 Å². The molecule has 0 bridgehead atoms. The molecule has 1 heterocycles. The molecule has 124 valence electrons. The standard InChI is InChI=1S/C21H18N2O2/c24-17-11-12-21(25)18(13-17)19-14-20(15-7-3-1-4-8-15)23(22-19)16-9-5-2-6-10-16/h1-13,20,24-25H,14H2/t20-/m1/s1. The maximum Gasteiger partial charge on any atom is 0.124 e. The summed E-state index contributed by atoms with van der Waals surface area (Å²) in [5.41, 5.74) is 3.47. The van der Waals surface area contributed by atoms with Crippen LogP contribution in [0.15, 0.2) is 84.0 Å². The lowest BCUT2D eigenvalue weighted by Gasteiger charge is -2.23. The van der Waals surface area contributed by atoms with Crippen LogP contribution < -0.4 is 5.01 Å². The van der Waals surface area contributed by atoms with E-state index in [0.717, 1.165) is 17.0 Å². The van der Waals surface area contributed by atoms with Crippen molar-refractivity contribution < 1.29 is 10.2 Å². The summed E-state index contributed by atoms with van der Waals surface area (Å²) in [4.78, 5) is 0. The van der Waals surface area contributed by atoms with Crippen LogP contribution in [-0.4, -0.2) is 15.9 Å². The molecule has 3 aromatic carbocycles. The van der Waals surface area contributed by atoms with Gasteiger partial charge in [-0.05, 0) is 35.9 Å². The van der Waals surface area contributed by atoms with Crippen molar-refractivity contribution in [3.8, 4) is 11.5 Å². The van der Waals surface area contributed by atoms with Gasteiger partial charge in [0.1, 0.15) is 11.5 Å². The number of anilines is 1. The van der Waals surface area contributed by atoms with Gasteiger partial charge in [-0.1, -0.05) is 48.5 Å². The Morgan fingerprint density at radius 2 is 1.52 bits per heavy atom. The molecule has 0 aliphatic carbocycles. The third kappa shape index (κ3) is 2.94. The zero-order chi connectivity index (χ0) is 17.2. The van der Waals surface area contributed by atoms with Gasteiger partial charge >= 0.3 is 0 Å². The van der Waals surface area contributed by atoms with E-state index in [0.29, 0.717) is 12.0 Å². The Labute approximate surface area is 146 Å². The van der Waals surface area contributed by atoms with Gasteiger partial charge in [0, 0.05) is 12.0 Å². The maximum atomic E-state index is 10.2. The van der Waals surface area contributed by atoms with Crippen molar-refractivity contribution in [3.05, 3.63) is 90.0 Å². The van der Waals surface area contributed by atoms with Gasteiger partial charge < -0.3 is 10.2 Å². The van der Waals surface area contributed by atoms with E-state index in [1.165, 1.54) is 12.1 Å². The van der Waals surface area contributed by atoms with E-state index in [1.54, 1.807) is 6.07 Å². The number of hydrazone groups is 1. The minimum Gasteiger partial charge on any atom is -0.508 e. The number of rotatable bonds is 3. The maximum absolute atomic E-state index is 10.2. The molecule has 4 rings (SSSR count). The van der Waals surface area contributed by atoms with Crippen molar-refractivity contribution in [1.29, 1.82) is 0 Å². The van der Waals surface area contributed by atoms with Gasteiger partial charge in [0.05, 0.1) is 17.4 Å². The molecule has 0 spiro atoms. The van der Waals surface area contributed by atoms with Gasteiger partial charge in [0.2, 0.25) is 0 Å². The SMILES string of the molecule is Oc1ccc(O)c(C2=NN(c3ccccc3)[C@@H](c3ccccc3)C2)c1. The summed E-state index contributed by atoms with van der Waals surface area (Å²) in [7, 11) is 0. The fourth-order valence-corrected chi connectivity index (χ4v) is 3.18. The Morgan fingerprint density at radius 1 is 0.840 bits per heavy atom. The van der Waals surface area contributed by atoms with Gasteiger partial charge in [-0.3, -0.25) is 5.01 Å². The smallest absolute Gasteiger partial charge is 0.124 e. The summed E-state index contributed by atoms with van der Waals surface area (Å²) < 4.78 is 0. The van der Waals surface area contributed by atoms with Gasteiger partial charge in [-0.2, -0.15) is 5.10 Å². The summed E-state index contributed by atoms with van der Waals surface area (Å²) in [5, 5.41) is 26.7. The van der Waals surface area contributed by atoms with Crippen LogP contribution in [0.25, 0.3) is 0 Å². The highest BCUT2D eigenvalue weighted by Gasteiger charge is 2.30. The molecule has 1 aliphatic heterocycles. The lowest BCUT2D eigenvalue weighted by atomic mass is 9.97. The molecule has 0 saturated heterocycles. The predicted octanol–water partition coefficient (Wildman–Crippen LogP) is 4.45. The van der Waals surface area contributed by atoms with Crippen molar-refractivity contribution in [2.24, 2.45) is 5.10 Å². The highest BCUT2D eigenvalue weighted by molar-refractivity contribution is 6.05. The van der Waals surface area contributed by atoms with Crippen LogP contribution in [0.5, 0.6) is 11.5 Å². The molecular formula is C21H18N2O2. The quantitative estimate of drug-likeness (QED) is 0.697. The Kier molecular flexibility index (Phi) is 3.86. The average Bonchev–Trinajstić information content (AvgIpc) is 3.10. The van der Waals surface area contributed by atoms with Crippen molar-refractivity contribution in [3.63, 3.8) is 0 Å². The van der Waals surface area contributed by atoms with E-state index in [1.807, 2.05) is 53.5 Å². The zero-order valence-corrected chi connectivity index (χ0v) is 13.6. The van der Waals surface area contributed by atoms with Crippen LogP contribution in [0.1, 0.15) is 23.6 Å². The number of hydrogen-bond donors (Lipinski definition) is 2. The highest BCUT2D eigenvalue weighted by Crippen LogP contribution is 2.38. The van der Waals surface area contributed by atoms with Crippen molar-refractivity contribution in [1.82, 2.24) is 0 Å². The predicted molar refractivity (Wildman–Crippen MR) is 99.0 cm³/mol. The molecule has 1 atom stereocenters. The summed E-state index contributed by atoms with van der Waals surface area (Å²) >= 11 is 0. The van der Waals surface area contributed by atoms with Crippen LogP contribution in [0.4, 0.5) is 5.69 Å². The topological polar surface area (TPSA) is 56.1 Å². The molecule has 0 saturated carbocycles.